The Kier molecular flexibility index (Phi) is 5.77. The van der Waals surface area contributed by atoms with E-state index in [2.05, 4.69) is 0 Å². The topological polar surface area (TPSA) is 75.9 Å². The lowest BCUT2D eigenvalue weighted by Crippen LogP contribution is -2.51. The van der Waals surface area contributed by atoms with Crippen molar-refractivity contribution in [3.63, 3.8) is 0 Å². The van der Waals surface area contributed by atoms with Crippen molar-refractivity contribution in [2.24, 2.45) is 5.73 Å². The average molecular weight is 305 g/mol. The van der Waals surface area contributed by atoms with Gasteiger partial charge in [0.1, 0.15) is 5.75 Å². The number of carbonyl (C=O) groups excluding carboxylic acids is 2. The van der Waals surface area contributed by atoms with Crippen LogP contribution in [0.15, 0.2) is 24.3 Å². The molecule has 1 aliphatic heterocycles. The molecule has 1 saturated heterocycles. The first-order valence-electron chi connectivity index (χ1n) is 7.52. The number of carbonyl (C=O) groups is 2. The number of rotatable bonds is 5. The van der Waals surface area contributed by atoms with Crippen LogP contribution in [-0.4, -0.2) is 61.4 Å². The number of benzene rings is 1. The molecule has 1 aliphatic rings. The molecule has 2 rings (SSSR count). The van der Waals surface area contributed by atoms with Gasteiger partial charge in [-0.05, 0) is 24.1 Å². The van der Waals surface area contributed by atoms with Gasteiger partial charge in [-0.1, -0.05) is 12.1 Å². The minimum Gasteiger partial charge on any atom is -0.497 e. The molecule has 6 heteroatoms. The van der Waals surface area contributed by atoms with E-state index in [0.717, 1.165) is 11.3 Å². The highest BCUT2D eigenvalue weighted by Gasteiger charge is 2.22. The summed E-state index contributed by atoms with van der Waals surface area (Å²) in [5, 5.41) is 0. The standard InChI is InChI=1S/C16H23N3O3/c1-22-14-5-2-13(3-6-14)4-7-15(20)18-8-10-19(11-9-18)16(21)12-17/h2-3,5-6H,4,7-12,17H2,1H3. The van der Waals surface area contributed by atoms with Gasteiger partial charge in [0.15, 0.2) is 0 Å². The largest absolute Gasteiger partial charge is 0.497 e. The summed E-state index contributed by atoms with van der Waals surface area (Å²) in [4.78, 5) is 27.2. The fraction of sp³-hybridized carbons (Fsp3) is 0.500. The van der Waals surface area contributed by atoms with E-state index in [9.17, 15) is 9.59 Å². The van der Waals surface area contributed by atoms with Crippen LogP contribution in [0.5, 0.6) is 5.75 Å². The van der Waals surface area contributed by atoms with Crippen LogP contribution in [0.25, 0.3) is 0 Å². The summed E-state index contributed by atoms with van der Waals surface area (Å²) in [6.45, 7) is 2.36. The Bertz CT molecular complexity index is 508. The highest BCUT2D eigenvalue weighted by Crippen LogP contribution is 2.13. The van der Waals surface area contributed by atoms with Crippen molar-refractivity contribution in [2.45, 2.75) is 12.8 Å². The number of methoxy groups -OCH3 is 1. The number of hydrogen-bond acceptors (Lipinski definition) is 4. The maximum Gasteiger partial charge on any atom is 0.236 e. The zero-order valence-electron chi connectivity index (χ0n) is 13.0. The molecule has 1 aromatic carbocycles. The van der Waals surface area contributed by atoms with Crippen LogP contribution in [0.4, 0.5) is 0 Å². The number of piperazine rings is 1. The van der Waals surface area contributed by atoms with Crippen LogP contribution in [0.1, 0.15) is 12.0 Å². The van der Waals surface area contributed by atoms with E-state index in [1.807, 2.05) is 29.2 Å². The number of amides is 2. The van der Waals surface area contributed by atoms with E-state index in [1.165, 1.54) is 0 Å². The minimum absolute atomic E-state index is 0.0332. The van der Waals surface area contributed by atoms with Crippen LogP contribution in [0, 0.1) is 0 Å². The lowest BCUT2D eigenvalue weighted by Gasteiger charge is -2.34. The van der Waals surface area contributed by atoms with Crippen molar-refractivity contribution in [1.29, 1.82) is 0 Å². The molecule has 0 radical (unpaired) electrons. The fourth-order valence-electron chi connectivity index (χ4n) is 2.54. The van der Waals surface area contributed by atoms with Crippen molar-refractivity contribution < 1.29 is 14.3 Å². The van der Waals surface area contributed by atoms with Gasteiger partial charge < -0.3 is 20.3 Å². The van der Waals surface area contributed by atoms with Gasteiger partial charge in [0.25, 0.3) is 0 Å². The second-order valence-corrected chi connectivity index (χ2v) is 5.31. The van der Waals surface area contributed by atoms with E-state index in [0.29, 0.717) is 39.0 Å². The molecule has 2 N–H and O–H groups in total. The monoisotopic (exact) mass is 305 g/mol. The highest BCUT2D eigenvalue weighted by atomic mass is 16.5. The third kappa shape index (κ3) is 4.21. The highest BCUT2D eigenvalue weighted by molar-refractivity contribution is 5.79. The van der Waals surface area contributed by atoms with Crippen molar-refractivity contribution in [3.8, 4) is 5.75 Å². The summed E-state index contributed by atoms with van der Waals surface area (Å²) in [5.74, 6) is 0.900. The Hall–Kier alpha value is -2.08. The van der Waals surface area contributed by atoms with Crippen molar-refractivity contribution in [3.05, 3.63) is 29.8 Å². The van der Waals surface area contributed by atoms with E-state index in [4.69, 9.17) is 10.5 Å². The summed E-state index contributed by atoms with van der Waals surface area (Å²) in [5.41, 5.74) is 6.47. The predicted molar refractivity (Wildman–Crippen MR) is 83.5 cm³/mol. The Morgan fingerprint density at radius 2 is 1.59 bits per heavy atom. The summed E-state index contributed by atoms with van der Waals surface area (Å²) < 4.78 is 5.11. The van der Waals surface area contributed by atoms with Gasteiger partial charge in [-0.25, -0.2) is 0 Å². The molecule has 1 heterocycles. The van der Waals surface area contributed by atoms with Crippen molar-refractivity contribution in [1.82, 2.24) is 9.80 Å². The zero-order valence-corrected chi connectivity index (χ0v) is 13.0. The summed E-state index contributed by atoms with van der Waals surface area (Å²) in [6, 6.07) is 7.75. The van der Waals surface area contributed by atoms with E-state index in [-0.39, 0.29) is 18.4 Å². The first-order valence-corrected chi connectivity index (χ1v) is 7.52. The molecule has 120 valence electrons. The van der Waals surface area contributed by atoms with E-state index < -0.39 is 0 Å². The first kappa shape index (κ1) is 16.3. The molecule has 2 amide bonds. The van der Waals surface area contributed by atoms with Crippen molar-refractivity contribution >= 4 is 11.8 Å². The Labute approximate surface area is 130 Å². The zero-order chi connectivity index (χ0) is 15.9. The molecular weight excluding hydrogens is 282 g/mol. The summed E-state index contributed by atoms with van der Waals surface area (Å²) in [6.07, 6.45) is 1.20. The maximum atomic E-state index is 12.2. The van der Waals surface area contributed by atoms with E-state index in [1.54, 1.807) is 12.0 Å². The molecule has 0 spiro atoms. The predicted octanol–water partition coefficient (Wildman–Crippen LogP) is 0.257. The quantitative estimate of drug-likeness (QED) is 0.846. The van der Waals surface area contributed by atoms with Crippen LogP contribution in [-0.2, 0) is 16.0 Å². The molecule has 0 saturated carbocycles. The Morgan fingerprint density at radius 1 is 1.05 bits per heavy atom. The molecule has 0 aliphatic carbocycles. The average Bonchev–Trinajstić information content (AvgIpc) is 2.59. The molecule has 0 atom stereocenters. The molecule has 0 aromatic heterocycles. The van der Waals surface area contributed by atoms with Crippen LogP contribution in [0.2, 0.25) is 0 Å². The molecule has 1 fully saturated rings. The lowest BCUT2D eigenvalue weighted by atomic mass is 10.1. The molecule has 6 nitrogen and oxygen atoms in total. The SMILES string of the molecule is COc1ccc(CCC(=O)N2CCN(C(=O)CN)CC2)cc1. The smallest absolute Gasteiger partial charge is 0.236 e. The van der Waals surface area contributed by atoms with Crippen LogP contribution in [0.3, 0.4) is 0 Å². The molecular formula is C16H23N3O3. The van der Waals surface area contributed by atoms with Crippen LogP contribution >= 0.6 is 0 Å². The summed E-state index contributed by atoms with van der Waals surface area (Å²) in [7, 11) is 1.63. The number of nitrogens with zero attached hydrogens (tertiary/aromatic N) is 2. The second kappa shape index (κ2) is 7.79. The van der Waals surface area contributed by atoms with Gasteiger partial charge >= 0.3 is 0 Å². The number of hydrogen-bond donors (Lipinski definition) is 1. The third-order valence-corrected chi connectivity index (χ3v) is 3.95. The number of ether oxygens (including phenoxy) is 1. The van der Waals surface area contributed by atoms with Crippen molar-refractivity contribution in [2.75, 3.05) is 39.8 Å². The summed E-state index contributed by atoms with van der Waals surface area (Å²) >= 11 is 0. The molecule has 0 unspecified atom stereocenters. The normalized spacial score (nSPS) is 14.8. The van der Waals surface area contributed by atoms with Gasteiger partial charge in [-0.3, -0.25) is 9.59 Å². The van der Waals surface area contributed by atoms with Gasteiger partial charge in [-0.15, -0.1) is 0 Å². The molecule has 0 bridgehead atoms. The lowest BCUT2D eigenvalue weighted by molar-refractivity contribution is -0.138. The van der Waals surface area contributed by atoms with Gasteiger partial charge in [0.05, 0.1) is 13.7 Å². The maximum absolute atomic E-state index is 12.2. The number of nitrogens with two attached hydrogens (primary N) is 1. The molecule has 22 heavy (non-hydrogen) atoms. The third-order valence-electron chi connectivity index (χ3n) is 3.95. The van der Waals surface area contributed by atoms with Gasteiger partial charge in [0.2, 0.25) is 11.8 Å². The van der Waals surface area contributed by atoms with Crippen LogP contribution < -0.4 is 10.5 Å². The Balaban J connectivity index is 1.77. The second-order valence-electron chi connectivity index (χ2n) is 5.31. The Morgan fingerprint density at radius 3 is 2.09 bits per heavy atom. The minimum atomic E-state index is -0.0506. The van der Waals surface area contributed by atoms with Gasteiger partial charge in [-0.2, -0.15) is 0 Å². The molecule has 1 aromatic rings. The van der Waals surface area contributed by atoms with Gasteiger partial charge in [0, 0.05) is 32.6 Å². The first-order chi connectivity index (χ1) is 10.6. The van der Waals surface area contributed by atoms with E-state index >= 15 is 0 Å². The fourth-order valence-corrected chi connectivity index (χ4v) is 2.54. The number of aryl methyl sites for hydroxylation is 1.